The van der Waals surface area contributed by atoms with Crippen molar-refractivity contribution < 1.29 is 27.4 Å². The highest BCUT2D eigenvalue weighted by atomic mass is 19.4. The Hall–Kier alpha value is -3.53. The Morgan fingerprint density at radius 3 is 2.61 bits per heavy atom. The number of alkyl halides is 3. The number of amides is 1. The number of hydrogen-bond donors (Lipinski definition) is 3. The van der Waals surface area contributed by atoms with Gasteiger partial charge in [-0.05, 0) is 37.7 Å². The third-order valence-electron chi connectivity index (χ3n) is 4.92. The van der Waals surface area contributed by atoms with Crippen LogP contribution in [-0.4, -0.2) is 37.7 Å². The zero-order valence-electron chi connectivity index (χ0n) is 18.3. The number of ether oxygens (including phenoxy) is 2. The number of pyridine rings is 1. The number of carbonyl (C=O) groups is 1. The Labute approximate surface area is 189 Å². The largest absolute Gasteiger partial charge is 0.493 e. The average Bonchev–Trinajstić information content (AvgIpc) is 2.78. The van der Waals surface area contributed by atoms with Crippen LogP contribution in [0.5, 0.6) is 11.5 Å². The van der Waals surface area contributed by atoms with E-state index in [0.29, 0.717) is 29.0 Å². The number of benzene rings is 2. The zero-order valence-corrected chi connectivity index (χ0v) is 18.3. The van der Waals surface area contributed by atoms with Crippen molar-refractivity contribution in [2.45, 2.75) is 19.5 Å². The van der Waals surface area contributed by atoms with Crippen molar-refractivity contribution in [1.29, 1.82) is 0 Å². The highest BCUT2D eigenvalue weighted by Crippen LogP contribution is 2.40. The molecule has 7 nitrogen and oxygen atoms in total. The monoisotopic (exact) mass is 462 g/mol. The van der Waals surface area contributed by atoms with Gasteiger partial charge in [-0.1, -0.05) is 19.1 Å². The molecular weight excluding hydrogens is 437 g/mol. The summed E-state index contributed by atoms with van der Waals surface area (Å²) in [5, 5.41) is 6.30. The second-order valence-corrected chi connectivity index (χ2v) is 7.16. The number of halogens is 3. The van der Waals surface area contributed by atoms with Crippen LogP contribution < -0.4 is 25.8 Å². The standard InChI is InChI=1S/C23H25F3N4O3/c1-3-28-9-6-10-33-20-12-18-14(11-19(20)32-2)21(15(13-29-18)22(27)31)30-17-8-5-4-7-16(17)23(24,25)26/h4-5,7-8,11-13,28H,3,6,9-10H2,1-2H3,(H2,27,31)(H,29,30). The maximum Gasteiger partial charge on any atom is 0.418 e. The molecule has 0 spiro atoms. The SMILES string of the molecule is CCNCCCOc1cc2ncc(C(N)=O)c(Nc3ccccc3C(F)(F)F)c2cc1OC. The number of aromatic nitrogens is 1. The Kier molecular flexibility index (Phi) is 7.59. The van der Waals surface area contributed by atoms with Gasteiger partial charge >= 0.3 is 6.18 Å². The van der Waals surface area contributed by atoms with E-state index in [9.17, 15) is 18.0 Å². The molecule has 176 valence electrons. The smallest absolute Gasteiger partial charge is 0.418 e. The van der Waals surface area contributed by atoms with E-state index in [1.807, 2.05) is 6.92 Å². The third kappa shape index (κ3) is 5.64. The lowest BCUT2D eigenvalue weighted by Gasteiger charge is -2.18. The molecule has 3 rings (SSSR count). The Morgan fingerprint density at radius 1 is 1.18 bits per heavy atom. The van der Waals surface area contributed by atoms with Crippen LogP contribution in [0, 0.1) is 0 Å². The van der Waals surface area contributed by atoms with Crippen molar-refractivity contribution in [3.63, 3.8) is 0 Å². The molecule has 0 aliphatic rings. The van der Waals surface area contributed by atoms with Crippen LogP contribution >= 0.6 is 0 Å². The second-order valence-electron chi connectivity index (χ2n) is 7.16. The molecule has 4 N–H and O–H groups in total. The van der Waals surface area contributed by atoms with Crippen LogP contribution in [0.25, 0.3) is 10.9 Å². The van der Waals surface area contributed by atoms with Crippen LogP contribution in [0.4, 0.5) is 24.5 Å². The number of para-hydroxylation sites is 1. The van der Waals surface area contributed by atoms with E-state index in [1.54, 1.807) is 12.1 Å². The summed E-state index contributed by atoms with van der Waals surface area (Å²) in [5.41, 5.74) is 4.83. The Bertz CT molecular complexity index is 1140. The maximum absolute atomic E-state index is 13.5. The fourth-order valence-corrected chi connectivity index (χ4v) is 3.32. The van der Waals surface area contributed by atoms with E-state index in [1.165, 1.54) is 31.5 Å². The summed E-state index contributed by atoms with van der Waals surface area (Å²) in [6, 6.07) is 8.16. The first-order valence-electron chi connectivity index (χ1n) is 10.3. The molecule has 0 aliphatic heterocycles. The van der Waals surface area contributed by atoms with Gasteiger partial charge in [0, 0.05) is 17.6 Å². The molecule has 1 aromatic heterocycles. The summed E-state index contributed by atoms with van der Waals surface area (Å²) in [6.07, 6.45) is -2.60. The minimum atomic E-state index is -4.59. The fraction of sp³-hybridized carbons (Fsp3) is 0.304. The number of fused-ring (bicyclic) bond motifs is 1. The lowest BCUT2D eigenvalue weighted by atomic mass is 10.1. The van der Waals surface area contributed by atoms with Gasteiger partial charge in [-0.15, -0.1) is 0 Å². The van der Waals surface area contributed by atoms with Crippen molar-refractivity contribution in [2.24, 2.45) is 5.73 Å². The van der Waals surface area contributed by atoms with Crippen LogP contribution in [0.2, 0.25) is 0 Å². The number of primary amides is 1. The maximum atomic E-state index is 13.5. The van der Waals surface area contributed by atoms with Crippen molar-refractivity contribution in [1.82, 2.24) is 10.3 Å². The minimum Gasteiger partial charge on any atom is -0.493 e. The van der Waals surface area contributed by atoms with Crippen LogP contribution in [0.3, 0.4) is 0 Å². The van der Waals surface area contributed by atoms with Gasteiger partial charge in [0.05, 0.1) is 41.7 Å². The van der Waals surface area contributed by atoms with Gasteiger partial charge in [-0.25, -0.2) is 0 Å². The van der Waals surface area contributed by atoms with Crippen LogP contribution in [0.15, 0.2) is 42.6 Å². The van der Waals surface area contributed by atoms with E-state index < -0.39 is 17.6 Å². The summed E-state index contributed by atoms with van der Waals surface area (Å²) < 4.78 is 51.8. The molecule has 0 saturated carbocycles. The number of nitrogens with two attached hydrogens (primary N) is 1. The molecule has 0 fully saturated rings. The van der Waals surface area contributed by atoms with E-state index in [-0.39, 0.29) is 16.9 Å². The van der Waals surface area contributed by atoms with Crippen molar-refractivity contribution >= 4 is 28.2 Å². The summed E-state index contributed by atoms with van der Waals surface area (Å²) in [7, 11) is 1.45. The molecule has 0 saturated heterocycles. The number of methoxy groups -OCH3 is 1. The van der Waals surface area contributed by atoms with Gasteiger partial charge in [0.25, 0.3) is 5.91 Å². The van der Waals surface area contributed by atoms with Gasteiger partial charge < -0.3 is 25.8 Å². The lowest BCUT2D eigenvalue weighted by Crippen LogP contribution is -2.16. The first kappa shape index (κ1) is 24.1. The molecule has 0 unspecified atom stereocenters. The summed E-state index contributed by atoms with van der Waals surface area (Å²) >= 11 is 0. The number of anilines is 2. The molecule has 1 heterocycles. The molecule has 0 aliphatic carbocycles. The van der Waals surface area contributed by atoms with Crippen molar-refractivity contribution in [3.8, 4) is 11.5 Å². The van der Waals surface area contributed by atoms with Gasteiger partial charge in [-0.2, -0.15) is 13.2 Å². The second kappa shape index (κ2) is 10.4. The summed E-state index contributed by atoms with van der Waals surface area (Å²) in [4.78, 5) is 16.3. The molecule has 33 heavy (non-hydrogen) atoms. The molecule has 0 atom stereocenters. The molecule has 0 bridgehead atoms. The fourth-order valence-electron chi connectivity index (χ4n) is 3.32. The molecule has 0 radical (unpaired) electrons. The number of rotatable bonds is 10. The van der Waals surface area contributed by atoms with Gasteiger partial charge in [0.2, 0.25) is 0 Å². The predicted octanol–water partition coefficient (Wildman–Crippen LogP) is 4.48. The van der Waals surface area contributed by atoms with Crippen molar-refractivity contribution in [3.05, 3.63) is 53.7 Å². The Balaban J connectivity index is 2.07. The number of nitrogens with zero attached hydrogens (tertiary/aromatic N) is 1. The van der Waals surface area contributed by atoms with E-state index in [2.05, 4.69) is 15.6 Å². The lowest BCUT2D eigenvalue weighted by molar-refractivity contribution is -0.136. The van der Waals surface area contributed by atoms with Crippen LogP contribution in [-0.2, 0) is 6.18 Å². The molecule has 1 amide bonds. The first-order valence-corrected chi connectivity index (χ1v) is 10.3. The highest BCUT2D eigenvalue weighted by Gasteiger charge is 2.33. The quantitative estimate of drug-likeness (QED) is 0.384. The van der Waals surface area contributed by atoms with Gasteiger partial charge in [0.15, 0.2) is 11.5 Å². The van der Waals surface area contributed by atoms with Gasteiger partial charge in [-0.3, -0.25) is 9.78 Å². The molecule has 10 heteroatoms. The van der Waals surface area contributed by atoms with Crippen molar-refractivity contribution in [2.75, 3.05) is 32.1 Å². The summed E-state index contributed by atoms with van der Waals surface area (Å²) in [6.45, 7) is 4.09. The van der Waals surface area contributed by atoms with E-state index >= 15 is 0 Å². The average molecular weight is 462 g/mol. The minimum absolute atomic E-state index is 0.0548. The highest BCUT2D eigenvalue weighted by molar-refractivity contribution is 6.08. The Morgan fingerprint density at radius 2 is 1.94 bits per heavy atom. The summed E-state index contributed by atoms with van der Waals surface area (Å²) in [5.74, 6) is -0.0527. The van der Waals surface area contributed by atoms with E-state index in [4.69, 9.17) is 15.2 Å². The normalized spacial score (nSPS) is 11.4. The topological polar surface area (TPSA) is 98.5 Å². The van der Waals surface area contributed by atoms with Crippen LogP contribution in [0.1, 0.15) is 29.3 Å². The molecule has 2 aromatic carbocycles. The number of nitrogens with one attached hydrogen (secondary N) is 2. The van der Waals surface area contributed by atoms with Gasteiger partial charge in [0.1, 0.15) is 0 Å². The zero-order chi connectivity index (χ0) is 24.0. The number of hydrogen-bond acceptors (Lipinski definition) is 6. The molecule has 3 aromatic rings. The first-order chi connectivity index (χ1) is 15.8. The van der Waals surface area contributed by atoms with E-state index in [0.717, 1.165) is 25.6 Å². The molecular formula is C23H25F3N4O3. The number of carbonyl (C=O) groups excluding carboxylic acids is 1. The predicted molar refractivity (Wildman–Crippen MR) is 120 cm³/mol. The third-order valence-corrected chi connectivity index (χ3v) is 4.92.